The average molecular weight is 224 g/mol. The molecule has 5 nitrogen and oxygen atoms in total. The Morgan fingerprint density at radius 1 is 1.31 bits per heavy atom. The Balaban J connectivity index is 2.24. The third-order valence-electron chi connectivity index (χ3n) is 3.43. The Morgan fingerprint density at radius 2 is 2.00 bits per heavy atom. The van der Waals surface area contributed by atoms with Crippen molar-refractivity contribution < 1.29 is 4.74 Å². The van der Waals surface area contributed by atoms with Crippen molar-refractivity contribution in [3.05, 3.63) is 11.6 Å². The number of aromatic nitrogens is 3. The summed E-state index contributed by atoms with van der Waals surface area (Å²) < 4.78 is 5.72. The maximum atomic E-state index is 5.72. The molecule has 0 spiro atoms. The molecular formula is C11H20N4O. The minimum absolute atomic E-state index is 0.291. The highest BCUT2D eigenvalue weighted by atomic mass is 16.5. The van der Waals surface area contributed by atoms with Gasteiger partial charge in [-0.05, 0) is 12.8 Å². The molecule has 0 radical (unpaired) electrons. The first-order chi connectivity index (χ1) is 7.80. The molecule has 0 atom stereocenters. The van der Waals surface area contributed by atoms with Crippen LogP contribution in [0, 0.1) is 0 Å². The van der Waals surface area contributed by atoms with Crippen LogP contribution in [0.1, 0.15) is 50.2 Å². The summed E-state index contributed by atoms with van der Waals surface area (Å²) in [5.41, 5.74) is 5.24. The number of hydrogen-bond donors (Lipinski definition) is 2. The van der Waals surface area contributed by atoms with Gasteiger partial charge in [-0.15, -0.1) is 0 Å². The number of nitrogens with zero attached hydrogens (tertiary/aromatic N) is 2. The minimum atomic E-state index is -0.291. The van der Waals surface area contributed by atoms with Gasteiger partial charge in [0.1, 0.15) is 11.4 Å². The molecule has 0 unspecified atom stereocenters. The summed E-state index contributed by atoms with van der Waals surface area (Å²) in [6.07, 6.45) is 6.93. The molecular weight excluding hydrogens is 204 g/mol. The van der Waals surface area contributed by atoms with Crippen molar-refractivity contribution in [2.24, 2.45) is 5.73 Å². The highest BCUT2D eigenvalue weighted by molar-refractivity contribution is 5.04. The first-order valence-corrected chi connectivity index (χ1v) is 5.98. The van der Waals surface area contributed by atoms with Gasteiger partial charge in [0.25, 0.3) is 0 Å². The van der Waals surface area contributed by atoms with Crippen LogP contribution in [0.15, 0.2) is 0 Å². The molecule has 1 fully saturated rings. The monoisotopic (exact) mass is 224 g/mol. The van der Waals surface area contributed by atoms with Crippen molar-refractivity contribution in [3.8, 4) is 0 Å². The number of hydrogen-bond acceptors (Lipinski definition) is 4. The predicted molar refractivity (Wildman–Crippen MR) is 60.7 cm³/mol. The maximum absolute atomic E-state index is 5.72. The molecule has 1 aliphatic carbocycles. The van der Waals surface area contributed by atoms with E-state index >= 15 is 0 Å². The van der Waals surface area contributed by atoms with Crippen molar-refractivity contribution in [1.29, 1.82) is 0 Å². The SMILES string of the molecule is COC1(c2n[nH]c(CN)n2)CCCCCC1. The smallest absolute Gasteiger partial charge is 0.182 e. The Bertz CT molecular complexity index is 328. The number of ether oxygens (including phenoxy) is 1. The lowest BCUT2D eigenvalue weighted by molar-refractivity contribution is -0.0349. The van der Waals surface area contributed by atoms with Crippen LogP contribution in [-0.2, 0) is 16.9 Å². The highest BCUT2D eigenvalue weighted by Crippen LogP contribution is 2.36. The fourth-order valence-electron chi connectivity index (χ4n) is 2.41. The van der Waals surface area contributed by atoms with Gasteiger partial charge in [0.15, 0.2) is 5.82 Å². The summed E-state index contributed by atoms with van der Waals surface area (Å²) in [7, 11) is 1.75. The Kier molecular flexibility index (Phi) is 3.56. The van der Waals surface area contributed by atoms with E-state index < -0.39 is 0 Å². The van der Waals surface area contributed by atoms with Gasteiger partial charge < -0.3 is 10.5 Å². The first kappa shape index (κ1) is 11.5. The van der Waals surface area contributed by atoms with Crippen molar-refractivity contribution in [3.63, 3.8) is 0 Å². The Hall–Kier alpha value is -0.940. The fourth-order valence-corrected chi connectivity index (χ4v) is 2.41. The lowest BCUT2D eigenvalue weighted by Crippen LogP contribution is -2.29. The van der Waals surface area contributed by atoms with Gasteiger partial charge in [-0.25, -0.2) is 4.98 Å². The number of rotatable bonds is 3. The Labute approximate surface area is 95.8 Å². The normalized spacial score (nSPS) is 20.6. The second kappa shape index (κ2) is 4.93. The lowest BCUT2D eigenvalue weighted by Gasteiger charge is -2.27. The summed E-state index contributed by atoms with van der Waals surface area (Å²) in [5, 5.41) is 7.12. The van der Waals surface area contributed by atoms with Gasteiger partial charge in [-0.1, -0.05) is 25.7 Å². The van der Waals surface area contributed by atoms with Gasteiger partial charge in [-0.2, -0.15) is 5.10 Å². The van der Waals surface area contributed by atoms with E-state index in [-0.39, 0.29) is 5.60 Å². The summed E-state index contributed by atoms with van der Waals surface area (Å²) in [6, 6.07) is 0. The molecule has 1 saturated carbocycles. The largest absolute Gasteiger partial charge is 0.370 e. The van der Waals surface area contributed by atoms with Crippen molar-refractivity contribution in [1.82, 2.24) is 15.2 Å². The molecule has 1 aliphatic rings. The zero-order valence-corrected chi connectivity index (χ0v) is 9.83. The fraction of sp³-hybridized carbons (Fsp3) is 0.818. The number of aromatic amines is 1. The van der Waals surface area contributed by atoms with Crippen LogP contribution in [0.3, 0.4) is 0 Å². The van der Waals surface area contributed by atoms with Gasteiger partial charge in [0, 0.05) is 7.11 Å². The molecule has 0 bridgehead atoms. The second-order valence-corrected chi connectivity index (χ2v) is 4.42. The van der Waals surface area contributed by atoms with Crippen molar-refractivity contribution in [2.45, 2.75) is 50.7 Å². The van der Waals surface area contributed by atoms with E-state index in [0.29, 0.717) is 6.54 Å². The van der Waals surface area contributed by atoms with Gasteiger partial charge in [0.2, 0.25) is 0 Å². The van der Waals surface area contributed by atoms with Crippen LogP contribution in [0.2, 0.25) is 0 Å². The van der Waals surface area contributed by atoms with Crippen molar-refractivity contribution >= 4 is 0 Å². The molecule has 1 aromatic heterocycles. The quantitative estimate of drug-likeness (QED) is 0.762. The van der Waals surface area contributed by atoms with E-state index in [9.17, 15) is 0 Å². The van der Waals surface area contributed by atoms with E-state index in [4.69, 9.17) is 10.5 Å². The van der Waals surface area contributed by atoms with Gasteiger partial charge >= 0.3 is 0 Å². The van der Waals surface area contributed by atoms with Crippen LogP contribution in [0.25, 0.3) is 0 Å². The van der Waals surface area contributed by atoms with E-state index in [1.807, 2.05) is 0 Å². The van der Waals surface area contributed by atoms with E-state index in [2.05, 4.69) is 15.2 Å². The van der Waals surface area contributed by atoms with Crippen LogP contribution in [0.4, 0.5) is 0 Å². The number of H-pyrrole nitrogens is 1. The highest BCUT2D eigenvalue weighted by Gasteiger charge is 2.36. The third-order valence-corrected chi connectivity index (χ3v) is 3.43. The molecule has 5 heteroatoms. The van der Waals surface area contributed by atoms with Crippen LogP contribution in [-0.4, -0.2) is 22.3 Å². The third kappa shape index (κ3) is 2.10. The summed E-state index contributed by atoms with van der Waals surface area (Å²) in [5.74, 6) is 1.51. The zero-order chi connectivity index (χ0) is 11.4. The summed E-state index contributed by atoms with van der Waals surface area (Å²) >= 11 is 0. The van der Waals surface area contributed by atoms with E-state index in [0.717, 1.165) is 24.5 Å². The number of nitrogens with one attached hydrogen (secondary N) is 1. The molecule has 90 valence electrons. The lowest BCUT2D eigenvalue weighted by atomic mass is 9.93. The molecule has 0 aliphatic heterocycles. The molecule has 0 amide bonds. The molecule has 0 aromatic carbocycles. The molecule has 1 aromatic rings. The van der Waals surface area contributed by atoms with Crippen LogP contribution < -0.4 is 5.73 Å². The van der Waals surface area contributed by atoms with Crippen molar-refractivity contribution in [2.75, 3.05) is 7.11 Å². The minimum Gasteiger partial charge on any atom is -0.370 e. The van der Waals surface area contributed by atoms with Crippen LogP contribution in [0.5, 0.6) is 0 Å². The predicted octanol–water partition coefficient (Wildman–Crippen LogP) is 1.46. The molecule has 3 N–H and O–H groups in total. The molecule has 16 heavy (non-hydrogen) atoms. The van der Waals surface area contributed by atoms with Crippen LogP contribution >= 0.6 is 0 Å². The first-order valence-electron chi connectivity index (χ1n) is 5.98. The molecule has 0 saturated heterocycles. The standard InChI is InChI=1S/C11H20N4O/c1-16-11(6-4-2-3-5-7-11)10-13-9(8-12)14-15-10/h2-8,12H2,1H3,(H,13,14,15). The average Bonchev–Trinajstić information content (AvgIpc) is 2.68. The van der Waals surface area contributed by atoms with Gasteiger partial charge in [0.05, 0.1) is 6.54 Å². The second-order valence-electron chi connectivity index (χ2n) is 4.42. The zero-order valence-electron chi connectivity index (χ0n) is 9.83. The van der Waals surface area contributed by atoms with Gasteiger partial charge in [-0.3, -0.25) is 5.10 Å². The number of nitrogens with two attached hydrogens (primary N) is 1. The van der Waals surface area contributed by atoms with E-state index in [1.54, 1.807) is 7.11 Å². The molecule has 1 heterocycles. The number of methoxy groups -OCH3 is 1. The van der Waals surface area contributed by atoms with E-state index in [1.165, 1.54) is 25.7 Å². The molecule has 2 rings (SSSR count). The Morgan fingerprint density at radius 3 is 2.50 bits per heavy atom. The maximum Gasteiger partial charge on any atom is 0.182 e. The summed E-state index contributed by atoms with van der Waals surface area (Å²) in [4.78, 5) is 4.42. The summed E-state index contributed by atoms with van der Waals surface area (Å²) in [6.45, 7) is 0.396. The topological polar surface area (TPSA) is 76.8 Å².